The number of ether oxygens (including phenoxy) is 1. The van der Waals surface area contributed by atoms with Gasteiger partial charge in [-0.05, 0) is 30.3 Å². The van der Waals surface area contributed by atoms with Crippen molar-refractivity contribution in [3.63, 3.8) is 0 Å². The van der Waals surface area contributed by atoms with E-state index >= 15 is 0 Å². The highest BCUT2D eigenvalue weighted by atomic mass is 35.5. The molecule has 0 fully saturated rings. The van der Waals surface area contributed by atoms with E-state index in [2.05, 4.69) is 5.32 Å². The Bertz CT molecular complexity index is 629. The highest BCUT2D eigenvalue weighted by molar-refractivity contribution is 6.31. The van der Waals surface area contributed by atoms with Crippen molar-refractivity contribution in [2.24, 2.45) is 0 Å². The number of halogens is 4. The molecule has 0 amide bonds. The average Bonchev–Trinajstić information content (AvgIpc) is 2.45. The van der Waals surface area contributed by atoms with Gasteiger partial charge < -0.3 is 10.1 Å². The summed E-state index contributed by atoms with van der Waals surface area (Å²) in [6, 6.07) is 10.2. The molecular weight excluding hydrogens is 303 g/mol. The van der Waals surface area contributed by atoms with Crippen molar-refractivity contribution in [1.82, 2.24) is 0 Å². The lowest BCUT2D eigenvalue weighted by molar-refractivity contribution is -0.137. The average molecular weight is 316 g/mol. The number of alkyl halides is 3. The lowest BCUT2D eigenvalue weighted by Gasteiger charge is -2.13. The summed E-state index contributed by atoms with van der Waals surface area (Å²) in [7, 11) is 1.51. The van der Waals surface area contributed by atoms with Crippen molar-refractivity contribution in [1.29, 1.82) is 0 Å². The summed E-state index contributed by atoms with van der Waals surface area (Å²) in [5.41, 5.74) is 0.365. The molecule has 0 atom stereocenters. The molecule has 0 heterocycles. The van der Waals surface area contributed by atoms with E-state index in [1.165, 1.54) is 13.2 Å². The summed E-state index contributed by atoms with van der Waals surface area (Å²) in [5.74, 6) is 0.585. The molecule has 2 rings (SSSR count). The molecule has 0 aliphatic carbocycles. The molecule has 2 aromatic rings. The molecule has 0 aromatic heterocycles. The number of methoxy groups -OCH3 is 1. The van der Waals surface area contributed by atoms with Crippen LogP contribution in [-0.4, -0.2) is 7.11 Å². The fourth-order valence-corrected chi connectivity index (χ4v) is 2.13. The topological polar surface area (TPSA) is 21.3 Å². The van der Waals surface area contributed by atoms with Gasteiger partial charge in [0.15, 0.2) is 0 Å². The van der Waals surface area contributed by atoms with Crippen molar-refractivity contribution in [2.45, 2.75) is 12.7 Å². The molecule has 112 valence electrons. The lowest BCUT2D eigenvalue weighted by Crippen LogP contribution is -2.07. The van der Waals surface area contributed by atoms with Crippen molar-refractivity contribution >= 4 is 17.3 Å². The minimum Gasteiger partial charge on any atom is -0.496 e. The summed E-state index contributed by atoms with van der Waals surface area (Å²) >= 11 is 6.08. The Morgan fingerprint density at radius 1 is 1.14 bits per heavy atom. The molecular formula is C15H13ClF3NO. The lowest BCUT2D eigenvalue weighted by atomic mass is 10.1. The standard InChI is InChI=1S/C15H13ClF3NO/c1-21-14-7-3-6-13(16)12(14)9-20-11-5-2-4-10(8-11)15(17,18)19/h2-8,20H,9H2,1H3. The zero-order chi connectivity index (χ0) is 15.5. The number of hydrogen-bond donors (Lipinski definition) is 1. The smallest absolute Gasteiger partial charge is 0.416 e. The number of anilines is 1. The van der Waals surface area contributed by atoms with E-state index in [1.54, 1.807) is 24.3 Å². The molecule has 0 bridgehead atoms. The highest BCUT2D eigenvalue weighted by Crippen LogP contribution is 2.31. The predicted octanol–water partition coefficient (Wildman–Crippen LogP) is 4.98. The van der Waals surface area contributed by atoms with Gasteiger partial charge in [0, 0.05) is 22.8 Å². The van der Waals surface area contributed by atoms with Crippen LogP contribution in [0.1, 0.15) is 11.1 Å². The molecule has 0 saturated carbocycles. The van der Waals surface area contributed by atoms with Crippen LogP contribution in [0.25, 0.3) is 0 Å². The Morgan fingerprint density at radius 2 is 1.86 bits per heavy atom. The maximum absolute atomic E-state index is 12.6. The van der Waals surface area contributed by atoms with E-state index in [0.29, 0.717) is 22.0 Å². The number of benzene rings is 2. The molecule has 2 aromatic carbocycles. The Kier molecular flexibility index (Phi) is 4.63. The maximum atomic E-state index is 12.6. The second-order valence-corrected chi connectivity index (χ2v) is 4.76. The van der Waals surface area contributed by atoms with Crippen LogP contribution in [0.15, 0.2) is 42.5 Å². The fourth-order valence-electron chi connectivity index (χ4n) is 1.90. The third-order valence-corrected chi connectivity index (χ3v) is 3.31. The first-order valence-corrected chi connectivity index (χ1v) is 6.52. The van der Waals surface area contributed by atoms with Gasteiger partial charge in [-0.1, -0.05) is 23.7 Å². The number of nitrogens with one attached hydrogen (secondary N) is 1. The fraction of sp³-hybridized carbons (Fsp3) is 0.200. The van der Waals surface area contributed by atoms with Crippen LogP contribution in [0, 0.1) is 0 Å². The Morgan fingerprint density at radius 3 is 2.52 bits per heavy atom. The van der Waals surface area contributed by atoms with Crippen LogP contribution in [0.5, 0.6) is 5.75 Å². The van der Waals surface area contributed by atoms with Crippen molar-refractivity contribution < 1.29 is 17.9 Å². The molecule has 21 heavy (non-hydrogen) atoms. The monoisotopic (exact) mass is 315 g/mol. The summed E-state index contributed by atoms with van der Waals surface area (Å²) in [4.78, 5) is 0. The third-order valence-electron chi connectivity index (χ3n) is 2.95. The first kappa shape index (κ1) is 15.5. The summed E-state index contributed by atoms with van der Waals surface area (Å²) in [6.45, 7) is 0.268. The van der Waals surface area contributed by atoms with Crippen LogP contribution < -0.4 is 10.1 Å². The second kappa shape index (κ2) is 6.26. The summed E-state index contributed by atoms with van der Waals surface area (Å²) in [6.07, 6.45) is -4.36. The SMILES string of the molecule is COc1cccc(Cl)c1CNc1cccc(C(F)(F)F)c1. The van der Waals surface area contributed by atoms with Gasteiger partial charge >= 0.3 is 6.18 Å². The Hall–Kier alpha value is -1.88. The number of rotatable bonds is 4. The zero-order valence-corrected chi connectivity index (χ0v) is 11.9. The molecule has 0 spiro atoms. The molecule has 0 aliphatic heterocycles. The van der Waals surface area contributed by atoms with Gasteiger partial charge in [-0.25, -0.2) is 0 Å². The van der Waals surface area contributed by atoms with Crippen molar-refractivity contribution in [3.05, 3.63) is 58.6 Å². The van der Waals surface area contributed by atoms with Gasteiger partial charge in [-0.15, -0.1) is 0 Å². The highest BCUT2D eigenvalue weighted by Gasteiger charge is 2.30. The van der Waals surface area contributed by atoms with E-state index in [1.807, 2.05) is 0 Å². The first-order valence-electron chi connectivity index (χ1n) is 6.14. The van der Waals surface area contributed by atoms with Gasteiger partial charge in [0.05, 0.1) is 12.7 Å². The van der Waals surface area contributed by atoms with Crippen molar-refractivity contribution in [3.8, 4) is 5.75 Å². The maximum Gasteiger partial charge on any atom is 0.416 e. The predicted molar refractivity (Wildman–Crippen MR) is 76.8 cm³/mol. The van der Waals surface area contributed by atoms with Gasteiger partial charge in [0.1, 0.15) is 5.75 Å². The second-order valence-electron chi connectivity index (χ2n) is 4.35. The Balaban J connectivity index is 2.18. The van der Waals surface area contributed by atoms with Crippen molar-refractivity contribution in [2.75, 3.05) is 12.4 Å². The van der Waals surface area contributed by atoms with Gasteiger partial charge in [0.2, 0.25) is 0 Å². The minimum atomic E-state index is -4.36. The van der Waals surface area contributed by atoms with Gasteiger partial charge in [0.25, 0.3) is 0 Å². The molecule has 2 nitrogen and oxygen atoms in total. The normalized spacial score (nSPS) is 11.3. The summed E-state index contributed by atoms with van der Waals surface area (Å²) < 4.78 is 43.1. The third kappa shape index (κ3) is 3.82. The first-order chi connectivity index (χ1) is 9.91. The minimum absolute atomic E-state index is 0.268. The zero-order valence-electron chi connectivity index (χ0n) is 11.2. The molecule has 1 N–H and O–H groups in total. The largest absolute Gasteiger partial charge is 0.496 e. The van der Waals surface area contributed by atoms with Crippen LogP contribution in [-0.2, 0) is 12.7 Å². The van der Waals surface area contributed by atoms with E-state index in [0.717, 1.165) is 12.1 Å². The van der Waals surface area contributed by atoms with Crippen LogP contribution in [0.2, 0.25) is 5.02 Å². The molecule has 6 heteroatoms. The molecule has 0 saturated heterocycles. The number of hydrogen-bond acceptors (Lipinski definition) is 2. The van der Waals surface area contributed by atoms with E-state index in [4.69, 9.17) is 16.3 Å². The Labute approximate surface area is 125 Å². The van der Waals surface area contributed by atoms with E-state index in [-0.39, 0.29) is 6.54 Å². The van der Waals surface area contributed by atoms with Crippen LogP contribution >= 0.6 is 11.6 Å². The van der Waals surface area contributed by atoms with E-state index in [9.17, 15) is 13.2 Å². The van der Waals surface area contributed by atoms with Gasteiger partial charge in [-0.2, -0.15) is 13.2 Å². The van der Waals surface area contributed by atoms with E-state index < -0.39 is 11.7 Å². The quantitative estimate of drug-likeness (QED) is 0.859. The van der Waals surface area contributed by atoms with Crippen LogP contribution in [0.3, 0.4) is 0 Å². The summed E-state index contributed by atoms with van der Waals surface area (Å²) in [5, 5.41) is 3.42. The van der Waals surface area contributed by atoms with Crippen LogP contribution in [0.4, 0.5) is 18.9 Å². The van der Waals surface area contributed by atoms with Gasteiger partial charge in [-0.3, -0.25) is 0 Å². The molecule has 0 unspecified atom stereocenters. The molecule has 0 radical (unpaired) electrons. The molecule has 0 aliphatic rings.